The number of aromatic hydroxyl groups is 1. The third-order valence-corrected chi connectivity index (χ3v) is 4.19. The Balaban J connectivity index is 2.12. The van der Waals surface area contributed by atoms with Crippen molar-refractivity contribution in [1.29, 1.82) is 0 Å². The summed E-state index contributed by atoms with van der Waals surface area (Å²) in [4.78, 5) is 22.8. The predicted octanol–water partition coefficient (Wildman–Crippen LogP) is 0.867. The Morgan fingerprint density at radius 2 is 1.93 bits per heavy atom. The summed E-state index contributed by atoms with van der Waals surface area (Å²) >= 11 is 0. The van der Waals surface area contributed by atoms with Gasteiger partial charge in [-0.15, -0.1) is 0 Å². The van der Waals surface area contributed by atoms with E-state index in [0.717, 1.165) is 16.8 Å². The van der Waals surface area contributed by atoms with Gasteiger partial charge in [0.2, 0.25) is 11.8 Å². The molecule has 1 aromatic heterocycles. The minimum absolute atomic E-state index is 0.105. The second-order valence-electron chi connectivity index (χ2n) is 6.70. The maximum absolute atomic E-state index is 12.0. The molecule has 8 nitrogen and oxygen atoms in total. The molecule has 0 atom stereocenters. The summed E-state index contributed by atoms with van der Waals surface area (Å²) in [5, 5.41) is 17.6. The number of carbonyl (C=O) groups excluding carboxylic acids is 2. The van der Waals surface area contributed by atoms with Gasteiger partial charge in [0.1, 0.15) is 0 Å². The van der Waals surface area contributed by atoms with Crippen LogP contribution in [0, 0.1) is 0 Å². The monoisotopic (exact) mass is 373 g/mol. The Labute approximate surface area is 158 Å². The molecule has 2 rings (SSSR count). The molecule has 1 heterocycles. The van der Waals surface area contributed by atoms with Gasteiger partial charge in [0.15, 0.2) is 0 Å². The van der Waals surface area contributed by atoms with Crippen molar-refractivity contribution >= 4 is 11.8 Å². The molecule has 0 fully saturated rings. The standard InChI is InChI=1S/C19H27N5O3/c1-12(2)17-15(19(27)24(23-17)10-8-20)11-13-3-5-14(6-4-13)18(26)22-9-7-16(21)25/h3-6,12,27H,7-11,20H2,1-2H3,(H2,21,25)(H,22,26). The number of hydrogen-bond acceptors (Lipinski definition) is 5. The van der Waals surface area contributed by atoms with E-state index in [9.17, 15) is 14.7 Å². The minimum Gasteiger partial charge on any atom is -0.493 e. The Hall–Kier alpha value is -2.87. The zero-order chi connectivity index (χ0) is 20.0. The summed E-state index contributed by atoms with van der Waals surface area (Å²) in [6, 6.07) is 7.11. The van der Waals surface area contributed by atoms with E-state index >= 15 is 0 Å². The lowest BCUT2D eigenvalue weighted by Crippen LogP contribution is -2.27. The highest BCUT2D eigenvalue weighted by atomic mass is 16.3. The Kier molecular flexibility index (Phi) is 6.95. The number of hydrogen-bond donors (Lipinski definition) is 4. The summed E-state index contributed by atoms with van der Waals surface area (Å²) in [6.07, 6.45) is 0.612. The molecule has 0 radical (unpaired) electrons. The Bertz CT molecular complexity index is 796. The Morgan fingerprint density at radius 1 is 1.26 bits per heavy atom. The van der Waals surface area contributed by atoms with Crippen LogP contribution >= 0.6 is 0 Å². The summed E-state index contributed by atoms with van der Waals surface area (Å²) in [6.45, 7) is 5.11. The first-order chi connectivity index (χ1) is 12.8. The topological polar surface area (TPSA) is 136 Å². The van der Waals surface area contributed by atoms with Crippen LogP contribution in [-0.4, -0.2) is 39.8 Å². The van der Waals surface area contributed by atoms with Crippen molar-refractivity contribution in [3.63, 3.8) is 0 Å². The molecule has 0 unspecified atom stereocenters. The largest absolute Gasteiger partial charge is 0.493 e. The average molecular weight is 373 g/mol. The molecule has 0 aliphatic carbocycles. The van der Waals surface area contributed by atoms with Crippen LogP contribution in [0.1, 0.15) is 53.4 Å². The number of nitrogens with two attached hydrogens (primary N) is 2. The first-order valence-corrected chi connectivity index (χ1v) is 8.97. The van der Waals surface area contributed by atoms with Crippen LogP contribution in [0.2, 0.25) is 0 Å². The molecular formula is C19H27N5O3. The van der Waals surface area contributed by atoms with Crippen LogP contribution in [0.3, 0.4) is 0 Å². The highest BCUT2D eigenvalue weighted by Gasteiger charge is 2.19. The third-order valence-electron chi connectivity index (χ3n) is 4.19. The number of aromatic nitrogens is 2. The van der Waals surface area contributed by atoms with Crippen molar-refractivity contribution in [3.8, 4) is 5.88 Å². The predicted molar refractivity (Wildman–Crippen MR) is 102 cm³/mol. The van der Waals surface area contributed by atoms with E-state index in [1.807, 2.05) is 26.0 Å². The van der Waals surface area contributed by atoms with Gasteiger partial charge in [-0.25, -0.2) is 4.68 Å². The van der Waals surface area contributed by atoms with Gasteiger partial charge in [-0.1, -0.05) is 26.0 Å². The summed E-state index contributed by atoms with van der Waals surface area (Å²) in [5.74, 6) is -0.413. The van der Waals surface area contributed by atoms with Crippen LogP contribution in [0.25, 0.3) is 0 Å². The number of amides is 2. The van der Waals surface area contributed by atoms with E-state index in [4.69, 9.17) is 11.5 Å². The van der Waals surface area contributed by atoms with Crippen molar-refractivity contribution in [1.82, 2.24) is 15.1 Å². The fourth-order valence-electron chi connectivity index (χ4n) is 2.80. The third kappa shape index (κ3) is 5.30. The molecule has 0 saturated heterocycles. The van der Waals surface area contributed by atoms with Crippen LogP contribution in [-0.2, 0) is 17.8 Å². The lowest BCUT2D eigenvalue weighted by atomic mass is 9.99. The molecule has 0 aliphatic rings. The first kappa shape index (κ1) is 20.4. The van der Waals surface area contributed by atoms with Gasteiger partial charge < -0.3 is 21.9 Å². The smallest absolute Gasteiger partial charge is 0.251 e. The number of benzene rings is 1. The second kappa shape index (κ2) is 9.18. The van der Waals surface area contributed by atoms with Gasteiger partial charge in [-0.2, -0.15) is 5.10 Å². The summed E-state index contributed by atoms with van der Waals surface area (Å²) in [7, 11) is 0. The molecule has 0 spiro atoms. The Morgan fingerprint density at radius 3 is 2.48 bits per heavy atom. The minimum atomic E-state index is -0.457. The second-order valence-corrected chi connectivity index (χ2v) is 6.70. The van der Waals surface area contributed by atoms with Crippen LogP contribution < -0.4 is 16.8 Å². The molecule has 27 heavy (non-hydrogen) atoms. The van der Waals surface area contributed by atoms with E-state index in [-0.39, 0.29) is 30.7 Å². The highest BCUT2D eigenvalue weighted by Crippen LogP contribution is 2.29. The maximum atomic E-state index is 12.0. The molecule has 2 aromatic rings. The molecule has 146 valence electrons. The van der Waals surface area contributed by atoms with Crippen molar-refractivity contribution in [2.45, 2.75) is 39.2 Å². The summed E-state index contributed by atoms with van der Waals surface area (Å²) < 4.78 is 1.53. The van der Waals surface area contributed by atoms with E-state index in [1.165, 1.54) is 4.68 Å². The number of carbonyl (C=O) groups is 2. The molecular weight excluding hydrogens is 346 g/mol. The van der Waals surface area contributed by atoms with Gasteiger partial charge in [0.05, 0.1) is 12.2 Å². The van der Waals surface area contributed by atoms with Crippen molar-refractivity contribution in [2.24, 2.45) is 11.5 Å². The van der Waals surface area contributed by atoms with Crippen molar-refractivity contribution in [3.05, 3.63) is 46.6 Å². The quantitative estimate of drug-likeness (QED) is 0.517. The van der Waals surface area contributed by atoms with E-state index < -0.39 is 5.91 Å². The molecule has 8 heteroatoms. The van der Waals surface area contributed by atoms with Gasteiger partial charge in [0.25, 0.3) is 5.91 Å². The van der Waals surface area contributed by atoms with Gasteiger partial charge in [-0.05, 0) is 23.6 Å². The summed E-state index contributed by atoms with van der Waals surface area (Å²) in [5.41, 5.74) is 13.7. The molecule has 0 aliphatic heterocycles. The fourth-order valence-corrected chi connectivity index (χ4v) is 2.80. The van der Waals surface area contributed by atoms with Gasteiger partial charge in [-0.3, -0.25) is 9.59 Å². The van der Waals surface area contributed by atoms with Crippen LogP contribution in [0.4, 0.5) is 0 Å². The first-order valence-electron chi connectivity index (χ1n) is 8.97. The number of primary amides is 1. The van der Waals surface area contributed by atoms with E-state index in [0.29, 0.717) is 25.1 Å². The average Bonchev–Trinajstić information content (AvgIpc) is 2.92. The van der Waals surface area contributed by atoms with Crippen molar-refractivity contribution in [2.75, 3.05) is 13.1 Å². The molecule has 0 saturated carbocycles. The van der Waals surface area contributed by atoms with E-state index in [2.05, 4.69) is 10.4 Å². The normalized spacial score (nSPS) is 11.0. The fraction of sp³-hybridized carbons (Fsp3) is 0.421. The molecule has 0 bridgehead atoms. The van der Waals surface area contributed by atoms with Crippen LogP contribution in [0.5, 0.6) is 5.88 Å². The molecule has 1 aromatic carbocycles. The van der Waals surface area contributed by atoms with Crippen molar-refractivity contribution < 1.29 is 14.7 Å². The zero-order valence-corrected chi connectivity index (χ0v) is 15.7. The molecule has 6 N–H and O–H groups in total. The zero-order valence-electron chi connectivity index (χ0n) is 15.7. The highest BCUT2D eigenvalue weighted by molar-refractivity contribution is 5.94. The van der Waals surface area contributed by atoms with E-state index in [1.54, 1.807) is 12.1 Å². The number of rotatable bonds is 9. The SMILES string of the molecule is CC(C)c1nn(CCN)c(O)c1Cc1ccc(C(=O)NCCC(N)=O)cc1. The maximum Gasteiger partial charge on any atom is 0.251 e. The van der Waals surface area contributed by atoms with Gasteiger partial charge in [0, 0.05) is 37.1 Å². The lowest BCUT2D eigenvalue weighted by Gasteiger charge is -2.08. The van der Waals surface area contributed by atoms with Gasteiger partial charge >= 0.3 is 0 Å². The number of nitrogens with one attached hydrogen (secondary N) is 1. The molecule has 2 amide bonds. The van der Waals surface area contributed by atoms with Crippen LogP contribution in [0.15, 0.2) is 24.3 Å². The number of nitrogens with zero attached hydrogens (tertiary/aromatic N) is 2. The lowest BCUT2D eigenvalue weighted by molar-refractivity contribution is -0.117.